The van der Waals surface area contributed by atoms with Gasteiger partial charge in [-0.1, -0.05) is 12.1 Å². The van der Waals surface area contributed by atoms with E-state index in [2.05, 4.69) is 9.97 Å². The van der Waals surface area contributed by atoms with E-state index in [-0.39, 0.29) is 11.5 Å². The second-order valence-electron chi connectivity index (χ2n) is 9.25. The number of fused-ring (bicyclic) bond motifs is 2. The minimum absolute atomic E-state index is 0.148. The number of nitrogens with zero attached hydrogens (tertiary/aromatic N) is 4. The monoisotopic (exact) mass is 526 g/mol. The second kappa shape index (κ2) is 10.5. The van der Waals surface area contributed by atoms with Crippen LogP contribution in [0.5, 0.6) is 5.75 Å². The van der Waals surface area contributed by atoms with E-state index >= 15 is 0 Å². The van der Waals surface area contributed by atoms with Crippen molar-refractivity contribution in [2.24, 2.45) is 0 Å². The summed E-state index contributed by atoms with van der Waals surface area (Å²) >= 11 is 0. The number of anilines is 3. The number of carboxylic acid groups (broad SMARTS) is 1. The summed E-state index contributed by atoms with van der Waals surface area (Å²) in [4.78, 5) is 37.1. The molecular weight excluding hydrogens is 499 g/mol. The molecular formula is C30H27FN4O4. The summed E-state index contributed by atoms with van der Waals surface area (Å²) < 4.78 is 20.2. The van der Waals surface area contributed by atoms with E-state index < -0.39 is 11.8 Å². The van der Waals surface area contributed by atoms with E-state index in [0.29, 0.717) is 48.1 Å². The lowest BCUT2D eigenvalue weighted by atomic mass is 10.0. The molecule has 8 nitrogen and oxygen atoms in total. The van der Waals surface area contributed by atoms with E-state index in [4.69, 9.17) is 9.84 Å². The molecule has 0 saturated carbocycles. The zero-order chi connectivity index (χ0) is 27.7. The topological polar surface area (TPSA) is 95.9 Å². The Balaban J connectivity index is 1.31. The molecule has 2 aromatic heterocycles. The molecule has 1 aliphatic heterocycles. The van der Waals surface area contributed by atoms with Crippen molar-refractivity contribution in [3.8, 4) is 16.9 Å². The second-order valence-corrected chi connectivity index (χ2v) is 9.25. The van der Waals surface area contributed by atoms with Gasteiger partial charge in [0.25, 0.3) is 5.91 Å². The Kier molecular flexibility index (Phi) is 6.98. The lowest BCUT2D eigenvalue weighted by Gasteiger charge is -2.22. The van der Waals surface area contributed by atoms with Gasteiger partial charge in [0.05, 0.1) is 23.4 Å². The van der Waals surface area contributed by atoms with Gasteiger partial charge in [0.2, 0.25) is 0 Å². The van der Waals surface area contributed by atoms with Gasteiger partial charge in [-0.05, 0) is 78.6 Å². The summed E-state index contributed by atoms with van der Waals surface area (Å²) in [7, 11) is 1.74. The van der Waals surface area contributed by atoms with Crippen LogP contribution in [0.2, 0.25) is 0 Å². The predicted octanol–water partition coefficient (Wildman–Crippen LogP) is 5.66. The fraction of sp³-hybridized carbons (Fsp3) is 0.200. The maximum absolute atomic E-state index is 14.1. The Morgan fingerprint density at radius 2 is 1.82 bits per heavy atom. The Hall–Kier alpha value is -4.79. The molecule has 0 bridgehead atoms. The van der Waals surface area contributed by atoms with Crippen molar-refractivity contribution in [2.45, 2.75) is 20.3 Å². The van der Waals surface area contributed by atoms with Crippen LogP contribution < -0.4 is 14.5 Å². The maximum atomic E-state index is 14.1. The van der Waals surface area contributed by atoms with E-state index in [0.717, 1.165) is 22.4 Å². The SMILES string of the molecule is CCN1c2ncc(CCOc3ccc(-c4ccc(C(=O)O)c(F)c4)cc3C)cc2C(=O)N(C)c2cccnc21. The van der Waals surface area contributed by atoms with Crippen molar-refractivity contribution in [1.82, 2.24) is 9.97 Å². The molecule has 198 valence electrons. The largest absolute Gasteiger partial charge is 0.493 e. The number of carboxylic acids is 1. The Bertz CT molecular complexity index is 1590. The standard InChI is InChI=1S/C30H27FN4O4/c1-4-35-27-23(29(36)34(3)25-6-5-12-32-28(25)35)15-19(17-33-27)11-13-39-26-10-8-20(14-18(26)2)21-7-9-22(30(37)38)24(31)16-21/h5-10,12,14-17H,4,11,13H2,1-3H3,(H,37,38). The number of benzene rings is 2. The number of hydrogen-bond donors (Lipinski definition) is 1. The zero-order valence-electron chi connectivity index (χ0n) is 21.8. The molecule has 0 aliphatic carbocycles. The van der Waals surface area contributed by atoms with E-state index in [1.807, 2.05) is 49.1 Å². The van der Waals surface area contributed by atoms with E-state index in [1.54, 1.807) is 36.5 Å². The predicted molar refractivity (Wildman–Crippen MR) is 147 cm³/mol. The van der Waals surface area contributed by atoms with Crippen LogP contribution in [0, 0.1) is 12.7 Å². The molecule has 4 aromatic rings. The molecule has 39 heavy (non-hydrogen) atoms. The van der Waals surface area contributed by atoms with Crippen LogP contribution in [0.1, 0.15) is 38.8 Å². The van der Waals surface area contributed by atoms with E-state index in [9.17, 15) is 14.0 Å². The third-order valence-corrected chi connectivity index (χ3v) is 6.77. The molecule has 3 heterocycles. The molecule has 0 spiro atoms. The lowest BCUT2D eigenvalue weighted by Crippen LogP contribution is -2.25. The highest BCUT2D eigenvalue weighted by Crippen LogP contribution is 2.37. The number of aromatic carboxylic acids is 1. The van der Waals surface area contributed by atoms with E-state index in [1.165, 1.54) is 12.1 Å². The molecule has 0 atom stereocenters. The van der Waals surface area contributed by atoms with Gasteiger partial charge in [-0.15, -0.1) is 0 Å². The van der Waals surface area contributed by atoms with Crippen LogP contribution in [0.15, 0.2) is 67.0 Å². The van der Waals surface area contributed by atoms with Gasteiger partial charge < -0.3 is 19.6 Å². The van der Waals surface area contributed by atoms with Gasteiger partial charge in [0.15, 0.2) is 5.82 Å². The molecule has 9 heteroatoms. The Morgan fingerprint density at radius 1 is 1.05 bits per heavy atom. The number of pyridine rings is 2. The lowest BCUT2D eigenvalue weighted by molar-refractivity contribution is 0.0691. The third kappa shape index (κ3) is 4.90. The highest BCUT2D eigenvalue weighted by Gasteiger charge is 2.30. The Morgan fingerprint density at radius 3 is 2.54 bits per heavy atom. The minimum Gasteiger partial charge on any atom is -0.493 e. The number of aromatic nitrogens is 2. The highest BCUT2D eigenvalue weighted by molar-refractivity contribution is 6.12. The summed E-state index contributed by atoms with van der Waals surface area (Å²) in [6, 6.07) is 15.1. The zero-order valence-corrected chi connectivity index (χ0v) is 21.8. The maximum Gasteiger partial charge on any atom is 0.338 e. The van der Waals surface area contributed by atoms with Crippen LogP contribution in [-0.2, 0) is 6.42 Å². The number of halogens is 1. The highest BCUT2D eigenvalue weighted by atomic mass is 19.1. The van der Waals surface area contributed by atoms with Crippen molar-refractivity contribution in [1.29, 1.82) is 0 Å². The van der Waals surface area contributed by atoms with Crippen LogP contribution in [0.4, 0.5) is 21.7 Å². The van der Waals surface area contributed by atoms with Crippen LogP contribution >= 0.6 is 0 Å². The molecule has 0 fully saturated rings. The molecule has 0 radical (unpaired) electrons. The molecule has 1 amide bonds. The number of amides is 1. The smallest absolute Gasteiger partial charge is 0.338 e. The summed E-state index contributed by atoms with van der Waals surface area (Å²) in [5, 5.41) is 9.04. The van der Waals surface area contributed by atoms with Crippen LogP contribution in [0.3, 0.4) is 0 Å². The normalized spacial score (nSPS) is 12.6. The molecule has 5 rings (SSSR count). The minimum atomic E-state index is -1.30. The number of aryl methyl sites for hydroxylation is 1. The van der Waals surface area contributed by atoms with Crippen molar-refractivity contribution >= 4 is 29.2 Å². The van der Waals surface area contributed by atoms with Gasteiger partial charge in [0.1, 0.15) is 17.4 Å². The van der Waals surface area contributed by atoms with Gasteiger partial charge in [0, 0.05) is 32.4 Å². The van der Waals surface area contributed by atoms with Gasteiger partial charge in [-0.2, -0.15) is 0 Å². The average molecular weight is 527 g/mol. The number of hydrogen-bond acceptors (Lipinski definition) is 6. The number of carbonyl (C=O) groups is 2. The summed E-state index contributed by atoms with van der Waals surface area (Å²) in [6.07, 6.45) is 4.01. The van der Waals surface area contributed by atoms with Crippen LogP contribution in [0.25, 0.3) is 11.1 Å². The van der Waals surface area contributed by atoms with Gasteiger partial charge in [-0.3, -0.25) is 4.79 Å². The molecule has 1 N–H and O–H groups in total. The van der Waals surface area contributed by atoms with Crippen molar-refractivity contribution in [3.05, 3.63) is 95.1 Å². The molecule has 0 unspecified atom stereocenters. The Labute approximate surface area is 225 Å². The summed E-state index contributed by atoms with van der Waals surface area (Å²) in [5.41, 5.74) is 3.94. The van der Waals surface area contributed by atoms with Crippen molar-refractivity contribution in [3.63, 3.8) is 0 Å². The number of ether oxygens (including phenoxy) is 1. The van der Waals surface area contributed by atoms with Crippen LogP contribution in [-0.4, -0.2) is 47.2 Å². The van der Waals surface area contributed by atoms with Gasteiger partial charge >= 0.3 is 5.97 Å². The first-order chi connectivity index (χ1) is 18.8. The molecule has 1 aliphatic rings. The first kappa shape index (κ1) is 25.8. The van der Waals surface area contributed by atoms with Crippen molar-refractivity contribution < 1.29 is 23.8 Å². The fourth-order valence-electron chi connectivity index (χ4n) is 4.70. The first-order valence-corrected chi connectivity index (χ1v) is 12.5. The molecule has 0 saturated heterocycles. The quantitative estimate of drug-likeness (QED) is 0.332. The average Bonchev–Trinajstić information content (AvgIpc) is 3.02. The van der Waals surface area contributed by atoms with Crippen molar-refractivity contribution in [2.75, 3.05) is 30.0 Å². The first-order valence-electron chi connectivity index (χ1n) is 12.5. The fourth-order valence-corrected chi connectivity index (χ4v) is 4.70. The van der Waals surface area contributed by atoms with Gasteiger partial charge in [-0.25, -0.2) is 19.2 Å². The summed E-state index contributed by atoms with van der Waals surface area (Å²) in [6.45, 7) is 4.87. The number of carbonyl (C=O) groups excluding carboxylic acids is 1. The summed E-state index contributed by atoms with van der Waals surface area (Å²) in [5.74, 6) is -0.277. The molecule has 2 aromatic carbocycles. The number of rotatable bonds is 7. The third-order valence-electron chi connectivity index (χ3n) is 6.77.